The molecule has 2 N–H and O–H groups in total. The molecule has 0 saturated heterocycles. The van der Waals surface area contributed by atoms with Gasteiger partial charge < -0.3 is 19.7 Å². The summed E-state index contributed by atoms with van der Waals surface area (Å²) in [5, 5.41) is 20.8. The minimum absolute atomic E-state index is 0.0396. The minimum Gasteiger partial charge on any atom is -0.463 e. The lowest BCUT2D eigenvalue weighted by Gasteiger charge is -2.26. The molecule has 0 spiro atoms. The molecule has 0 bridgehead atoms. The normalized spacial score (nSPS) is 25.5. The van der Waals surface area contributed by atoms with Crippen molar-refractivity contribution in [1.29, 1.82) is 0 Å². The Balaban J connectivity index is 2.32. The molecule has 0 aromatic rings. The summed E-state index contributed by atoms with van der Waals surface area (Å²) in [4.78, 5) is 11.6. The van der Waals surface area contributed by atoms with Crippen LogP contribution in [0.4, 0.5) is 0 Å². The van der Waals surface area contributed by atoms with Gasteiger partial charge in [0.1, 0.15) is 0 Å². The van der Waals surface area contributed by atoms with E-state index < -0.39 is 0 Å². The number of unbranched alkanes of at least 4 members (excludes halogenated alkanes) is 5. The van der Waals surface area contributed by atoms with E-state index in [1.165, 1.54) is 12.8 Å². The van der Waals surface area contributed by atoms with E-state index in [0.717, 1.165) is 57.8 Å². The fraction of sp³-hybridized carbons (Fsp3) is 0.958. The Kier molecular flexibility index (Phi) is 13.8. The average molecular weight is 415 g/mol. The van der Waals surface area contributed by atoms with Crippen LogP contribution in [0.5, 0.6) is 0 Å². The van der Waals surface area contributed by atoms with Gasteiger partial charge in [0.05, 0.1) is 24.4 Å². The number of aliphatic hydroxyl groups excluding tert-OH is 2. The van der Waals surface area contributed by atoms with Crippen molar-refractivity contribution in [3.63, 3.8) is 0 Å². The number of ether oxygens (including phenoxy) is 2. The highest BCUT2D eigenvalue weighted by Crippen LogP contribution is 2.40. The van der Waals surface area contributed by atoms with E-state index in [9.17, 15) is 15.0 Å². The van der Waals surface area contributed by atoms with Gasteiger partial charge in [-0.15, -0.1) is 0 Å². The largest absolute Gasteiger partial charge is 0.463 e. The van der Waals surface area contributed by atoms with E-state index in [1.54, 1.807) is 7.11 Å². The van der Waals surface area contributed by atoms with E-state index in [1.807, 2.05) is 13.8 Å². The monoisotopic (exact) mass is 414 g/mol. The van der Waals surface area contributed by atoms with Crippen molar-refractivity contribution in [2.45, 2.75) is 129 Å². The van der Waals surface area contributed by atoms with Crippen LogP contribution in [0.25, 0.3) is 0 Å². The van der Waals surface area contributed by atoms with Gasteiger partial charge in [0.2, 0.25) is 0 Å². The number of hydrogen-bond acceptors (Lipinski definition) is 5. The number of carbonyl (C=O) groups is 1. The summed E-state index contributed by atoms with van der Waals surface area (Å²) in [5.41, 5.74) is 0. The maximum atomic E-state index is 11.6. The SMILES string of the molecule is CCCCCC(O)CC[C@@H]1[C@@H](CCCCCCC(=O)OC(C)C)[C@@H](O)C[C@H]1OC. The van der Waals surface area contributed by atoms with Crippen LogP contribution in [0.1, 0.15) is 104 Å². The molecule has 5 heteroatoms. The average Bonchev–Trinajstić information content (AvgIpc) is 2.97. The highest BCUT2D eigenvalue weighted by Gasteiger charge is 2.41. The first-order valence-electron chi connectivity index (χ1n) is 12.0. The Labute approximate surface area is 178 Å². The standard InChI is InChI=1S/C24H46O5/c1-5-6-9-12-19(25)15-16-21-20(22(26)17-23(21)28-4)13-10-7-8-11-14-24(27)29-18(2)3/h18-23,25-26H,5-17H2,1-4H3/t19?,20-,21-,22+,23-/m1/s1. The first-order valence-corrected chi connectivity index (χ1v) is 12.0. The van der Waals surface area contributed by atoms with Gasteiger partial charge in [-0.05, 0) is 57.8 Å². The molecular weight excluding hydrogens is 368 g/mol. The maximum Gasteiger partial charge on any atom is 0.306 e. The van der Waals surface area contributed by atoms with E-state index in [0.29, 0.717) is 18.8 Å². The van der Waals surface area contributed by atoms with Gasteiger partial charge in [0.15, 0.2) is 0 Å². The molecule has 172 valence electrons. The molecule has 1 aliphatic carbocycles. The summed E-state index contributed by atoms with van der Waals surface area (Å²) in [7, 11) is 1.74. The van der Waals surface area contributed by atoms with Crippen LogP contribution in [-0.2, 0) is 14.3 Å². The highest BCUT2D eigenvalue weighted by atomic mass is 16.5. The first-order chi connectivity index (χ1) is 13.9. The van der Waals surface area contributed by atoms with Gasteiger partial charge in [0, 0.05) is 20.0 Å². The van der Waals surface area contributed by atoms with Gasteiger partial charge in [-0.3, -0.25) is 4.79 Å². The van der Waals surface area contributed by atoms with E-state index >= 15 is 0 Å². The van der Waals surface area contributed by atoms with Gasteiger partial charge in [-0.2, -0.15) is 0 Å². The van der Waals surface area contributed by atoms with Crippen molar-refractivity contribution in [2.24, 2.45) is 11.8 Å². The fourth-order valence-corrected chi connectivity index (χ4v) is 4.71. The molecule has 0 aromatic carbocycles. The number of rotatable bonds is 16. The van der Waals surface area contributed by atoms with Crippen molar-refractivity contribution in [1.82, 2.24) is 0 Å². The summed E-state index contributed by atoms with van der Waals surface area (Å²) in [6.07, 6.45) is 11.8. The molecule has 1 unspecified atom stereocenters. The Morgan fingerprint density at radius 1 is 1.00 bits per heavy atom. The third-order valence-corrected chi connectivity index (χ3v) is 6.31. The summed E-state index contributed by atoms with van der Waals surface area (Å²) in [5.74, 6) is 0.484. The predicted molar refractivity (Wildman–Crippen MR) is 117 cm³/mol. The van der Waals surface area contributed by atoms with E-state index in [4.69, 9.17) is 9.47 Å². The number of esters is 1. The van der Waals surface area contributed by atoms with Crippen molar-refractivity contribution < 1.29 is 24.5 Å². The number of methoxy groups -OCH3 is 1. The second-order valence-corrected chi connectivity index (χ2v) is 9.12. The zero-order chi connectivity index (χ0) is 21.6. The molecule has 1 rings (SSSR count). The molecule has 0 amide bonds. The van der Waals surface area contributed by atoms with E-state index in [-0.39, 0.29) is 36.3 Å². The third-order valence-electron chi connectivity index (χ3n) is 6.31. The molecule has 1 fully saturated rings. The van der Waals surface area contributed by atoms with Crippen LogP contribution in [0.3, 0.4) is 0 Å². The molecular formula is C24H46O5. The van der Waals surface area contributed by atoms with Gasteiger partial charge in [-0.1, -0.05) is 45.4 Å². The molecule has 0 heterocycles. The number of aliphatic hydroxyl groups is 2. The van der Waals surface area contributed by atoms with Crippen LogP contribution in [0.15, 0.2) is 0 Å². The number of hydrogen-bond donors (Lipinski definition) is 2. The predicted octanol–water partition coefficient (Wildman–Crippen LogP) is 5.01. The smallest absolute Gasteiger partial charge is 0.306 e. The lowest BCUT2D eigenvalue weighted by molar-refractivity contribution is -0.147. The molecule has 0 aliphatic heterocycles. The summed E-state index contributed by atoms with van der Waals surface area (Å²) in [6.45, 7) is 5.93. The first kappa shape index (κ1) is 26.4. The van der Waals surface area contributed by atoms with Crippen molar-refractivity contribution >= 4 is 5.97 Å². The number of carbonyl (C=O) groups excluding carboxylic acids is 1. The van der Waals surface area contributed by atoms with E-state index in [2.05, 4.69) is 6.92 Å². The molecule has 5 atom stereocenters. The van der Waals surface area contributed by atoms with Gasteiger partial charge in [0.25, 0.3) is 0 Å². The molecule has 1 aliphatic rings. The quantitative estimate of drug-likeness (QED) is 0.274. The topological polar surface area (TPSA) is 76.0 Å². The summed E-state index contributed by atoms with van der Waals surface area (Å²) in [6, 6.07) is 0. The minimum atomic E-state index is -0.303. The van der Waals surface area contributed by atoms with Gasteiger partial charge >= 0.3 is 5.97 Å². The maximum absolute atomic E-state index is 11.6. The van der Waals surface area contributed by atoms with Crippen LogP contribution in [0.2, 0.25) is 0 Å². The second kappa shape index (κ2) is 15.2. The van der Waals surface area contributed by atoms with Crippen LogP contribution < -0.4 is 0 Å². The molecule has 0 aromatic heterocycles. The lowest BCUT2D eigenvalue weighted by atomic mass is 9.84. The van der Waals surface area contributed by atoms with Gasteiger partial charge in [-0.25, -0.2) is 0 Å². The Hall–Kier alpha value is -0.650. The third kappa shape index (κ3) is 10.8. The lowest BCUT2D eigenvalue weighted by Crippen LogP contribution is -2.25. The van der Waals surface area contributed by atoms with Crippen LogP contribution in [0, 0.1) is 11.8 Å². The Morgan fingerprint density at radius 2 is 1.72 bits per heavy atom. The van der Waals surface area contributed by atoms with Crippen LogP contribution in [-0.4, -0.2) is 47.7 Å². The summed E-state index contributed by atoms with van der Waals surface area (Å²) < 4.78 is 10.8. The molecule has 1 saturated carbocycles. The second-order valence-electron chi connectivity index (χ2n) is 9.12. The molecule has 5 nitrogen and oxygen atoms in total. The van der Waals surface area contributed by atoms with Crippen molar-refractivity contribution in [2.75, 3.05) is 7.11 Å². The zero-order valence-electron chi connectivity index (χ0n) is 19.3. The highest BCUT2D eigenvalue weighted by molar-refractivity contribution is 5.69. The molecule has 0 radical (unpaired) electrons. The van der Waals surface area contributed by atoms with Crippen molar-refractivity contribution in [3.05, 3.63) is 0 Å². The fourth-order valence-electron chi connectivity index (χ4n) is 4.71. The van der Waals surface area contributed by atoms with Crippen LogP contribution >= 0.6 is 0 Å². The van der Waals surface area contributed by atoms with Crippen molar-refractivity contribution in [3.8, 4) is 0 Å². The summed E-state index contributed by atoms with van der Waals surface area (Å²) >= 11 is 0. The Bertz CT molecular complexity index is 425. The molecule has 29 heavy (non-hydrogen) atoms. The Morgan fingerprint density at radius 3 is 2.38 bits per heavy atom. The zero-order valence-corrected chi connectivity index (χ0v) is 19.3.